The largest absolute Gasteiger partial charge is 0.294 e. The number of rotatable bonds is 2. The van der Waals surface area contributed by atoms with E-state index in [0.29, 0.717) is 10.6 Å². The van der Waals surface area contributed by atoms with Gasteiger partial charge in [-0.2, -0.15) is 5.10 Å². The Bertz CT molecular complexity index is 634. The fourth-order valence-electron chi connectivity index (χ4n) is 1.80. The summed E-state index contributed by atoms with van der Waals surface area (Å²) in [6.07, 6.45) is 0. The molecule has 0 N–H and O–H groups in total. The molecular formula is C13H12BrClN2O. The number of hydrogen-bond donors (Lipinski definition) is 0. The van der Waals surface area contributed by atoms with Crippen LogP contribution < -0.4 is 0 Å². The molecule has 94 valence electrons. The summed E-state index contributed by atoms with van der Waals surface area (Å²) >= 11 is 9.52. The third-order valence-electron chi connectivity index (χ3n) is 2.78. The van der Waals surface area contributed by atoms with Crippen molar-refractivity contribution in [1.82, 2.24) is 9.78 Å². The lowest BCUT2D eigenvalue weighted by atomic mass is 10.1. The van der Waals surface area contributed by atoms with Gasteiger partial charge in [0.2, 0.25) is 0 Å². The third kappa shape index (κ3) is 2.22. The van der Waals surface area contributed by atoms with Crippen LogP contribution in [-0.2, 0) is 0 Å². The van der Waals surface area contributed by atoms with E-state index >= 15 is 0 Å². The Morgan fingerprint density at radius 2 is 2.06 bits per heavy atom. The van der Waals surface area contributed by atoms with Crippen LogP contribution in [0.15, 0.2) is 22.7 Å². The highest BCUT2D eigenvalue weighted by molar-refractivity contribution is 9.10. The molecule has 0 unspecified atom stereocenters. The van der Waals surface area contributed by atoms with E-state index in [4.69, 9.17) is 11.6 Å². The summed E-state index contributed by atoms with van der Waals surface area (Å²) in [4.78, 5) is 11.4. The van der Waals surface area contributed by atoms with Crippen molar-refractivity contribution in [1.29, 1.82) is 0 Å². The van der Waals surface area contributed by atoms with Gasteiger partial charge in [-0.15, -0.1) is 0 Å². The van der Waals surface area contributed by atoms with Crippen molar-refractivity contribution in [3.8, 4) is 5.69 Å². The molecule has 0 radical (unpaired) electrons. The molecule has 5 heteroatoms. The van der Waals surface area contributed by atoms with Crippen LogP contribution in [0.3, 0.4) is 0 Å². The number of carbonyl (C=O) groups excluding carboxylic acids is 1. The van der Waals surface area contributed by atoms with Crippen LogP contribution in [0, 0.1) is 13.8 Å². The molecule has 2 aromatic rings. The van der Waals surface area contributed by atoms with E-state index in [9.17, 15) is 4.79 Å². The van der Waals surface area contributed by atoms with Crippen molar-refractivity contribution in [2.75, 3.05) is 0 Å². The number of carbonyl (C=O) groups is 1. The smallest absolute Gasteiger partial charge is 0.160 e. The first-order chi connectivity index (χ1) is 8.41. The average molecular weight is 328 g/mol. The lowest BCUT2D eigenvalue weighted by Crippen LogP contribution is -2.01. The number of aryl methyl sites for hydroxylation is 1. The predicted molar refractivity (Wildman–Crippen MR) is 75.8 cm³/mol. The first-order valence-electron chi connectivity index (χ1n) is 5.44. The quantitative estimate of drug-likeness (QED) is 0.778. The Labute approximate surface area is 119 Å². The number of halogens is 2. The van der Waals surface area contributed by atoms with E-state index in [-0.39, 0.29) is 5.78 Å². The van der Waals surface area contributed by atoms with E-state index < -0.39 is 0 Å². The lowest BCUT2D eigenvalue weighted by Gasteiger charge is -2.07. The van der Waals surface area contributed by atoms with Gasteiger partial charge < -0.3 is 0 Å². The molecule has 0 amide bonds. The van der Waals surface area contributed by atoms with E-state index in [1.807, 2.05) is 26.0 Å². The second kappa shape index (κ2) is 4.86. The van der Waals surface area contributed by atoms with Gasteiger partial charge >= 0.3 is 0 Å². The third-order valence-corrected chi connectivity index (χ3v) is 3.98. The minimum absolute atomic E-state index is 0.0276. The maximum absolute atomic E-state index is 11.4. The van der Waals surface area contributed by atoms with Crippen molar-refractivity contribution < 1.29 is 4.79 Å². The van der Waals surface area contributed by atoms with E-state index in [2.05, 4.69) is 21.0 Å². The highest BCUT2D eigenvalue weighted by Crippen LogP contribution is 2.25. The predicted octanol–water partition coefficient (Wildman–Crippen LogP) is 4.11. The van der Waals surface area contributed by atoms with E-state index in [1.165, 1.54) is 0 Å². The molecule has 18 heavy (non-hydrogen) atoms. The minimum atomic E-state index is 0.0276. The summed E-state index contributed by atoms with van der Waals surface area (Å²) in [7, 11) is 0. The number of aromatic nitrogens is 2. The molecule has 0 aliphatic heterocycles. The Hall–Kier alpha value is -1.13. The van der Waals surface area contributed by atoms with Crippen LogP contribution in [0.2, 0.25) is 5.02 Å². The number of hydrogen-bond acceptors (Lipinski definition) is 2. The molecule has 1 aromatic carbocycles. The minimum Gasteiger partial charge on any atom is -0.294 e. The first kappa shape index (κ1) is 13.3. The zero-order chi connectivity index (χ0) is 13.4. The van der Waals surface area contributed by atoms with Crippen LogP contribution in [0.25, 0.3) is 5.69 Å². The van der Waals surface area contributed by atoms with Crippen LogP contribution in [-0.4, -0.2) is 15.6 Å². The summed E-state index contributed by atoms with van der Waals surface area (Å²) in [6, 6.07) is 5.51. The van der Waals surface area contributed by atoms with Crippen LogP contribution >= 0.6 is 27.5 Å². The molecule has 0 spiro atoms. The Morgan fingerprint density at radius 1 is 1.39 bits per heavy atom. The van der Waals surface area contributed by atoms with Gasteiger partial charge in [0.05, 0.1) is 22.1 Å². The summed E-state index contributed by atoms with van der Waals surface area (Å²) < 4.78 is 2.53. The molecule has 0 fully saturated rings. The van der Waals surface area contributed by atoms with E-state index in [0.717, 1.165) is 21.5 Å². The molecule has 0 saturated heterocycles. The topological polar surface area (TPSA) is 34.9 Å². The Morgan fingerprint density at radius 3 is 2.50 bits per heavy atom. The maximum Gasteiger partial charge on any atom is 0.160 e. The lowest BCUT2D eigenvalue weighted by molar-refractivity contribution is 0.101. The molecule has 0 bridgehead atoms. The Kier molecular flexibility index (Phi) is 3.59. The fraction of sp³-hybridized carbons (Fsp3) is 0.231. The van der Waals surface area contributed by atoms with Crippen molar-refractivity contribution in [3.05, 3.63) is 44.6 Å². The van der Waals surface area contributed by atoms with Gasteiger partial charge in [-0.25, -0.2) is 4.68 Å². The normalized spacial score (nSPS) is 10.7. The average Bonchev–Trinajstić information content (AvgIpc) is 2.56. The van der Waals surface area contributed by atoms with Crippen molar-refractivity contribution in [2.24, 2.45) is 0 Å². The second-order valence-corrected chi connectivity index (χ2v) is 5.35. The van der Waals surface area contributed by atoms with Gasteiger partial charge in [-0.05, 0) is 54.9 Å². The number of Topliss-reactive ketones (excluding diaryl/α,β-unsaturated/α-hetero) is 1. The molecule has 1 heterocycles. The molecule has 0 aliphatic rings. The van der Waals surface area contributed by atoms with Gasteiger partial charge in [0.25, 0.3) is 0 Å². The Balaban J connectivity index is 2.55. The molecule has 0 saturated carbocycles. The molecule has 0 atom stereocenters. The number of nitrogens with zero attached hydrogens (tertiary/aromatic N) is 2. The standard InChI is InChI=1S/C13H12BrClN2O/c1-7-13(15)8(2)17(16-7)10-4-5-11(9(3)18)12(14)6-10/h4-6H,1-3H3. The second-order valence-electron chi connectivity index (χ2n) is 4.12. The molecular weight excluding hydrogens is 316 g/mol. The zero-order valence-electron chi connectivity index (χ0n) is 10.3. The maximum atomic E-state index is 11.4. The highest BCUT2D eigenvalue weighted by atomic mass is 79.9. The monoisotopic (exact) mass is 326 g/mol. The van der Waals surface area contributed by atoms with Crippen molar-refractivity contribution in [2.45, 2.75) is 20.8 Å². The zero-order valence-corrected chi connectivity index (χ0v) is 12.6. The number of benzene rings is 1. The van der Waals surface area contributed by atoms with Crippen molar-refractivity contribution >= 4 is 33.3 Å². The molecule has 1 aromatic heterocycles. The van der Waals surface area contributed by atoms with Gasteiger partial charge in [0.1, 0.15) is 0 Å². The fourth-order valence-corrected chi connectivity index (χ4v) is 2.56. The summed E-state index contributed by atoms with van der Waals surface area (Å²) in [5.74, 6) is 0.0276. The highest BCUT2D eigenvalue weighted by Gasteiger charge is 2.12. The van der Waals surface area contributed by atoms with Gasteiger partial charge in [0, 0.05) is 10.0 Å². The van der Waals surface area contributed by atoms with Crippen LogP contribution in [0.1, 0.15) is 28.7 Å². The van der Waals surface area contributed by atoms with Crippen molar-refractivity contribution in [3.63, 3.8) is 0 Å². The number of ketones is 1. The first-order valence-corrected chi connectivity index (χ1v) is 6.61. The summed E-state index contributed by atoms with van der Waals surface area (Å²) in [6.45, 7) is 5.32. The van der Waals surface area contributed by atoms with Crippen LogP contribution in [0.5, 0.6) is 0 Å². The van der Waals surface area contributed by atoms with Gasteiger partial charge in [-0.1, -0.05) is 11.6 Å². The molecule has 0 aliphatic carbocycles. The van der Waals surface area contributed by atoms with E-state index in [1.54, 1.807) is 17.7 Å². The van der Waals surface area contributed by atoms with Gasteiger partial charge in [-0.3, -0.25) is 4.79 Å². The SMILES string of the molecule is CC(=O)c1ccc(-n2nc(C)c(Cl)c2C)cc1Br. The van der Waals surface area contributed by atoms with Gasteiger partial charge in [0.15, 0.2) is 5.78 Å². The summed E-state index contributed by atoms with van der Waals surface area (Å²) in [5.41, 5.74) is 3.21. The van der Waals surface area contributed by atoms with Crippen LogP contribution in [0.4, 0.5) is 0 Å². The summed E-state index contributed by atoms with van der Waals surface area (Å²) in [5, 5.41) is 5.04. The molecule has 2 rings (SSSR count). The molecule has 3 nitrogen and oxygen atoms in total.